The summed E-state index contributed by atoms with van der Waals surface area (Å²) in [4.78, 5) is 24.9. The highest BCUT2D eigenvalue weighted by Crippen LogP contribution is 2.29. The standard InChI is InChI=1S/C37H40N2O6/c1-42-36-27-30(13-17-34(36)44-25-9-23-38-19-5-3-6-20-38)11-15-32(40)29-33(41)16-12-31-14-18-35(37(28-31)43-2)45-26-10-24-39-21-7-4-8-22-39/h3-8,11-22,27-28H,9-10,23-26,29H2,1-2H3/q+2/b15-11+,16-12+. The lowest BCUT2D eigenvalue weighted by Gasteiger charge is -2.11. The van der Waals surface area contributed by atoms with Crippen molar-refractivity contribution in [2.45, 2.75) is 32.4 Å². The van der Waals surface area contributed by atoms with Crippen LogP contribution in [-0.2, 0) is 22.7 Å². The molecule has 0 saturated carbocycles. The average Bonchev–Trinajstić information content (AvgIpc) is 3.08. The third-order valence-electron chi connectivity index (χ3n) is 6.84. The third-order valence-corrected chi connectivity index (χ3v) is 6.84. The van der Waals surface area contributed by atoms with Crippen LogP contribution in [-0.4, -0.2) is 39.0 Å². The molecule has 8 nitrogen and oxygen atoms in total. The number of hydrogen-bond donors (Lipinski definition) is 0. The summed E-state index contributed by atoms with van der Waals surface area (Å²) in [7, 11) is 3.16. The van der Waals surface area contributed by atoms with Gasteiger partial charge in [0.05, 0.1) is 33.9 Å². The molecule has 0 N–H and O–H groups in total. The van der Waals surface area contributed by atoms with Gasteiger partial charge in [0, 0.05) is 37.1 Å². The van der Waals surface area contributed by atoms with E-state index in [1.54, 1.807) is 38.5 Å². The third kappa shape index (κ3) is 11.1. The molecule has 45 heavy (non-hydrogen) atoms. The van der Waals surface area contributed by atoms with Gasteiger partial charge in [0.1, 0.15) is 0 Å². The summed E-state index contributed by atoms with van der Waals surface area (Å²) < 4.78 is 27.0. The molecule has 232 valence electrons. The van der Waals surface area contributed by atoms with Crippen LogP contribution in [0, 0.1) is 0 Å². The van der Waals surface area contributed by atoms with E-state index in [1.807, 2.05) is 85.5 Å². The van der Waals surface area contributed by atoms with Crippen LogP contribution in [0.5, 0.6) is 23.0 Å². The molecule has 0 saturated heterocycles. The van der Waals surface area contributed by atoms with Gasteiger partial charge in [0.25, 0.3) is 0 Å². The highest BCUT2D eigenvalue weighted by atomic mass is 16.5. The van der Waals surface area contributed by atoms with Crippen molar-refractivity contribution in [1.82, 2.24) is 0 Å². The van der Waals surface area contributed by atoms with E-state index in [2.05, 4.69) is 9.13 Å². The molecule has 4 rings (SSSR count). The number of rotatable bonds is 18. The van der Waals surface area contributed by atoms with E-state index in [-0.39, 0.29) is 18.0 Å². The predicted molar refractivity (Wildman–Crippen MR) is 172 cm³/mol. The number of pyridine rings is 2. The molecule has 2 aromatic carbocycles. The zero-order valence-electron chi connectivity index (χ0n) is 25.8. The van der Waals surface area contributed by atoms with E-state index in [9.17, 15) is 9.59 Å². The summed E-state index contributed by atoms with van der Waals surface area (Å²) >= 11 is 0. The second-order valence-corrected chi connectivity index (χ2v) is 10.2. The van der Waals surface area contributed by atoms with Crippen molar-refractivity contribution in [3.05, 3.63) is 121 Å². The van der Waals surface area contributed by atoms with E-state index in [4.69, 9.17) is 18.9 Å². The maximum atomic E-state index is 12.5. The Kier molecular flexibility index (Phi) is 12.9. The van der Waals surface area contributed by atoms with Crippen molar-refractivity contribution in [2.75, 3.05) is 27.4 Å². The first-order chi connectivity index (χ1) is 22.0. The fourth-order valence-electron chi connectivity index (χ4n) is 4.51. The number of aryl methyl sites for hydroxylation is 2. The SMILES string of the molecule is COc1cc(/C=C/C(=O)CC(=O)/C=C/c2ccc(OCCC[n+]3ccccc3)c(OC)c2)ccc1OCCC[n+]1ccccc1. The van der Waals surface area contributed by atoms with E-state index < -0.39 is 0 Å². The molecule has 0 aliphatic heterocycles. The minimum absolute atomic E-state index is 0.234. The lowest BCUT2D eigenvalue weighted by molar-refractivity contribution is -0.697. The maximum Gasteiger partial charge on any atom is 0.168 e. The second-order valence-electron chi connectivity index (χ2n) is 10.2. The number of benzene rings is 2. The zero-order valence-corrected chi connectivity index (χ0v) is 25.8. The molecule has 0 bridgehead atoms. The fourth-order valence-corrected chi connectivity index (χ4v) is 4.51. The van der Waals surface area contributed by atoms with E-state index >= 15 is 0 Å². The highest BCUT2D eigenvalue weighted by molar-refractivity contribution is 6.10. The summed E-state index contributed by atoms with van der Waals surface area (Å²) in [5.74, 6) is 1.84. The maximum absolute atomic E-state index is 12.5. The summed E-state index contributed by atoms with van der Waals surface area (Å²) in [5, 5.41) is 0. The van der Waals surface area contributed by atoms with Gasteiger partial charge in [-0.1, -0.05) is 36.4 Å². The molecule has 0 fully saturated rings. The van der Waals surface area contributed by atoms with Gasteiger partial charge >= 0.3 is 0 Å². The monoisotopic (exact) mass is 608 g/mol. The summed E-state index contributed by atoms with van der Waals surface area (Å²) in [6.07, 6.45) is 15.7. The number of allylic oxidation sites excluding steroid dienone is 2. The number of ether oxygens (including phenoxy) is 4. The number of nitrogens with zero attached hydrogens (tertiary/aromatic N) is 2. The highest BCUT2D eigenvalue weighted by Gasteiger charge is 2.09. The summed E-state index contributed by atoms with van der Waals surface area (Å²) in [5.41, 5.74) is 1.53. The van der Waals surface area contributed by atoms with Crippen molar-refractivity contribution < 1.29 is 37.7 Å². The van der Waals surface area contributed by atoms with Crippen molar-refractivity contribution in [3.8, 4) is 23.0 Å². The smallest absolute Gasteiger partial charge is 0.168 e. The van der Waals surface area contributed by atoms with Gasteiger partial charge in [0.15, 0.2) is 72.4 Å². The Hall–Kier alpha value is -5.24. The van der Waals surface area contributed by atoms with Crippen molar-refractivity contribution in [2.24, 2.45) is 0 Å². The van der Waals surface area contributed by atoms with Crippen LogP contribution in [0.3, 0.4) is 0 Å². The van der Waals surface area contributed by atoms with E-state index in [0.29, 0.717) is 36.2 Å². The fraction of sp³-hybridized carbons (Fsp3) is 0.243. The van der Waals surface area contributed by atoms with Crippen LogP contribution < -0.4 is 28.1 Å². The number of methoxy groups -OCH3 is 2. The van der Waals surface area contributed by atoms with Gasteiger partial charge in [-0.25, -0.2) is 9.13 Å². The Morgan fingerprint density at radius 2 is 1.02 bits per heavy atom. The molecular formula is C37H40N2O6+2. The first-order valence-corrected chi connectivity index (χ1v) is 15.0. The van der Waals surface area contributed by atoms with Gasteiger partial charge in [0.2, 0.25) is 0 Å². The number of aromatic nitrogens is 2. The Bertz CT molecular complexity index is 1470. The summed E-state index contributed by atoms with van der Waals surface area (Å²) in [6.45, 7) is 2.79. The topological polar surface area (TPSA) is 78.8 Å². The second kappa shape index (κ2) is 17.8. The Morgan fingerprint density at radius 3 is 1.42 bits per heavy atom. The van der Waals surface area contributed by atoms with Gasteiger partial charge in [-0.3, -0.25) is 9.59 Å². The van der Waals surface area contributed by atoms with Crippen LogP contribution in [0.2, 0.25) is 0 Å². The number of hydrogen-bond acceptors (Lipinski definition) is 6. The lowest BCUT2D eigenvalue weighted by Crippen LogP contribution is -2.33. The van der Waals surface area contributed by atoms with Crippen molar-refractivity contribution >= 4 is 23.7 Å². The minimum atomic E-state index is -0.294. The van der Waals surface area contributed by atoms with Crippen LogP contribution in [0.15, 0.2) is 110 Å². The largest absolute Gasteiger partial charge is 0.493 e. The molecule has 8 heteroatoms. The van der Waals surface area contributed by atoms with Crippen LogP contribution >= 0.6 is 0 Å². The Balaban J connectivity index is 1.22. The predicted octanol–water partition coefficient (Wildman–Crippen LogP) is 5.47. The van der Waals surface area contributed by atoms with Crippen LogP contribution in [0.4, 0.5) is 0 Å². The van der Waals surface area contributed by atoms with Crippen LogP contribution in [0.25, 0.3) is 12.2 Å². The van der Waals surface area contributed by atoms with Gasteiger partial charge in [-0.05, 0) is 47.5 Å². The molecule has 0 spiro atoms. The quantitative estimate of drug-likeness (QED) is 0.0645. The Morgan fingerprint density at radius 1 is 0.600 bits per heavy atom. The van der Waals surface area contributed by atoms with Gasteiger partial charge in [-0.15, -0.1) is 0 Å². The average molecular weight is 609 g/mol. The molecule has 2 aromatic heterocycles. The molecule has 0 radical (unpaired) electrons. The van der Waals surface area contributed by atoms with Gasteiger partial charge < -0.3 is 18.9 Å². The molecule has 0 unspecified atom stereocenters. The van der Waals surface area contributed by atoms with E-state index in [1.165, 1.54) is 12.2 Å². The number of carbonyl (C=O) groups excluding carboxylic acids is 2. The molecule has 4 aromatic rings. The lowest BCUT2D eigenvalue weighted by atomic mass is 10.1. The number of ketones is 2. The molecule has 0 aliphatic carbocycles. The van der Waals surface area contributed by atoms with Crippen molar-refractivity contribution in [3.63, 3.8) is 0 Å². The molecule has 0 amide bonds. The number of carbonyl (C=O) groups is 2. The first kappa shape index (κ1) is 32.7. The van der Waals surface area contributed by atoms with Crippen molar-refractivity contribution in [1.29, 1.82) is 0 Å². The molecule has 2 heterocycles. The van der Waals surface area contributed by atoms with E-state index in [0.717, 1.165) is 37.1 Å². The minimum Gasteiger partial charge on any atom is -0.493 e. The molecule has 0 atom stereocenters. The van der Waals surface area contributed by atoms with Crippen LogP contribution in [0.1, 0.15) is 30.4 Å². The molecule has 0 aliphatic rings. The molecular weight excluding hydrogens is 568 g/mol. The Labute approximate surface area is 264 Å². The summed E-state index contributed by atoms with van der Waals surface area (Å²) in [6, 6.07) is 22.9. The zero-order chi connectivity index (χ0) is 31.7. The normalized spacial score (nSPS) is 11.1. The first-order valence-electron chi connectivity index (χ1n) is 15.0. The van der Waals surface area contributed by atoms with Gasteiger partial charge in [-0.2, -0.15) is 0 Å².